The predicted molar refractivity (Wildman–Crippen MR) is 185 cm³/mol. The number of nitriles is 1. The SMILES string of the molecule is N#Cc1cc(-c2ccc3c(c2)oc2c(-c4ccccc4)nc(-c4ccccc4)nc23)cc(-n2c3ccccc3c3ccccc32)c1. The molecular weight excluding hydrogens is 564 g/mol. The normalized spacial score (nSPS) is 11.5. The van der Waals surface area contributed by atoms with Crippen LogP contribution >= 0.6 is 0 Å². The van der Waals surface area contributed by atoms with Gasteiger partial charge in [0, 0.05) is 33.0 Å². The highest BCUT2D eigenvalue weighted by molar-refractivity contribution is 6.10. The molecule has 0 atom stereocenters. The van der Waals surface area contributed by atoms with Gasteiger partial charge in [-0.1, -0.05) is 103 Å². The minimum atomic E-state index is 0.587. The van der Waals surface area contributed by atoms with Crippen molar-refractivity contribution in [3.63, 3.8) is 0 Å². The van der Waals surface area contributed by atoms with Gasteiger partial charge in [-0.05, 0) is 53.6 Å². The monoisotopic (exact) mass is 588 g/mol. The second-order valence-corrected chi connectivity index (χ2v) is 11.4. The molecule has 3 aromatic heterocycles. The molecule has 0 saturated carbocycles. The van der Waals surface area contributed by atoms with Gasteiger partial charge >= 0.3 is 0 Å². The van der Waals surface area contributed by atoms with Crippen molar-refractivity contribution >= 4 is 43.9 Å². The lowest BCUT2D eigenvalue weighted by Gasteiger charge is -2.11. The van der Waals surface area contributed by atoms with Crippen LogP contribution in [0.4, 0.5) is 0 Å². The number of para-hydroxylation sites is 2. The number of hydrogen-bond acceptors (Lipinski definition) is 4. The molecule has 6 aromatic carbocycles. The van der Waals surface area contributed by atoms with Crippen LogP contribution in [-0.4, -0.2) is 14.5 Å². The highest BCUT2D eigenvalue weighted by Crippen LogP contribution is 2.38. The van der Waals surface area contributed by atoms with Crippen molar-refractivity contribution in [2.24, 2.45) is 0 Å². The van der Waals surface area contributed by atoms with E-state index in [-0.39, 0.29) is 0 Å². The summed E-state index contributed by atoms with van der Waals surface area (Å²) in [5.74, 6) is 0.649. The van der Waals surface area contributed by atoms with Crippen LogP contribution in [0, 0.1) is 11.3 Å². The number of hydrogen-bond donors (Lipinski definition) is 0. The summed E-state index contributed by atoms with van der Waals surface area (Å²) in [6.07, 6.45) is 0. The van der Waals surface area contributed by atoms with Crippen LogP contribution in [0.3, 0.4) is 0 Å². The summed E-state index contributed by atoms with van der Waals surface area (Å²) in [5.41, 5.74) is 10.4. The van der Waals surface area contributed by atoms with Crippen LogP contribution in [0.2, 0.25) is 0 Å². The first-order valence-electron chi connectivity index (χ1n) is 15.1. The summed E-state index contributed by atoms with van der Waals surface area (Å²) in [7, 11) is 0. The van der Waals surface area contributed by atoms with Crippen molar-refractivity contribution in [3.05, 3.63) is 151 Å². The van der Waals surface area contributed by atoms with E-state index >= 15 is 0 Å². The zero-order chi connectivity index (χ0) is 30.6. The minimum absolute atomic E-state index is 0.587. The average Bonchev–Trinajstić information content (AvgIpc) is 3.67. The van der Waals surface area contributed by atoms with Crippen molar-refractivity contribution in [3.8, 4) is 45.5 Å². The highest BCUT2D eigenvalue weighted by atomic mass is 16.3. The maximum atomic E-state index is 10.1. The van der Waals surface area contributed by atoms with E-state index < -0.39 is 0 Å². The van der Waals surface area contributed by atoms with Crippen LogP contribution in [0.5, 0.6) is 0 Å². The van der Waals surface area contributed by atoms with Gasteiger partial charge in [0.1, 0.15) is 16.8 Å². The molecule has 5 nitrogen and oxygen atoms in total. The Hall–Kier alpha value is -6.51. The van der Waals surface area contributed by atoms with E-state index in [0.29, 0.717) is 22.6 Å². The Morgan fingerprint density at radius 1 is 0.543 bits per heavy atom. The van der Waals surface area contributed by atoms with Crippen LogP contribution in [0.15, 0.2) is 150 Å². The lowest BCUT2D eigenvalue weighted by Crippen LogP contribution is -1.96. The molecule has 5 heteroatoms. The molecule has 0 amide bonds. The molecule has 0 fully saturated rings. The van der Waals surface area contributed by atoms with Gasteiger partial charge in [0.2, 0.25) is 0 Å². The molecular formula is C41H24N4O. The lowest BCUT2D eigenvalue weighted by atomic mass is 10.0. The van der Waals surface area contributed by atoms with Crippen molar-refractivity contribution in [2.75, 3.05) is 0 Å². The Labute approximate surface area is 264 Å². The van der Waals surface area contributed by atoms with E-state index in [4.69, 9.17) is 14.4 Å². The maximum Gasteiger partial charge on any atom is 0.180 e. The summed E-state index contributed by atoms with van der Waals surface area (Å²) in [6, 6.07) is 51.5. The van der Waals surface area contributed by atoms with Gasteiger partial charge in [0.25, 0.3) is 0 Å². The second kappa shape index (κ2) is 10.3. The van der Waals surface area contributed by atoms with E-state index in [1.807, 2.05) is 78.9 Å². The van der Waals surface area contributed by atoms with Crippen molar-refractivity contribution < 1.29 is 4.42 Å². The minimum Gasteiger partial charge on any atom is -0.452 e. The Kier molecular flexibility index (Phi) is 5.81. The third-order valence-corrected chi connectivity index (χ3v) is 8.61. The van der Waals surface area contributed by atoms with Crippen LogP contribution in [0.1, 0.15) is 5.56 Å². The topological polar surface area (TPSA) is 67.6 Å². The molecule has 0 aliphatic carbocycles. The first-order valence-corrected chi connectivity index (χ1v) is 15.1. The lowest BCUT2D eigenvalue weighted by molar-refractivity contribution is 0.667. The van der Waals surface area contributed by atoms with Gasteiger partial charge in [0.05, 0.1) is 22.7 Å². The maximum absolute atomic E-state index is 10.1. The Balaban J connectivity index is 1.25. The highest BCUT2D eigenvalue weighted by Gasteiger charge is 2.19. The van der Waals surface area contributed by atoms with E-state index in [1.165, 1.54) is 10.8 Å². The van der Waals surface area contributed by atoms with Crippen molar-refractivity contribution in [1.29, 1.82) is 5.26 Å². The molecule has 0 N–H and O–H groups in total. The summed E-state index contributed by atoms with van der Waals surface area (Å²) in [4.78, 5) is 9.99. The molecule has 46 heavy (non-hydrogen) atoms. The summed E-state index contributed by atoms with van der Waals surface area (Å²) >= 11 is 0. The van der Waals surface area contributed by atoms with Gasteiger partial charge in [-0.2, -0.15) is 5.26 Å². The summed E-state index contributed by atoms with van der Waals surface area (Å²) < 4.78 is 8.81. The molecule has 0 radical (unpaired) electrons. The van der Waals surface area contributed by atoms with Gasteiger partial charge in [-0.3, -0.25) is 0 Å². The fraction of sp³-hybridized carbons (Fsp3) is 0. The smallest absolute Gasteiger partial charge is 0.180 e. The zero-order valence-corrected chi connectivity index (χ0v) is 24.6. The predicted octanol–water partition coefficient (Wildman–Crippen LogP) is 10.3. The molecule has 0 bridgehead atoms. The van der Waals surface area contributed by atoms with E-state index in [2.05, 4.69) is 77.4 Å². The van der Waals surface area contributed by atoms with E-state index in [9.17, 15) is 5.26 Å². The first-order chi connectivity index (χ1) is 22.7. The third-order valence-electron chi connectivity index (χ3n) is 8.61. The van der Waals surface area contributed by atoms with Crippen LogP contribution in [0.25, 0.3) is 83.3 Å². The molecule has 9 aromatic rings. The average molecular weight is 589 g/mol. The van der Waals surface area contributed by atoms with Crippen molar-refractivity contribution in [2.45, 2.75) is 0 Å². The number of rotatable bonds is 4. The number of nitrogens with zero attached hydrogens (tertiary/aromatic N) is 4. The molecule has 9 rings (SSSR count). The molecule has 0 saturated heterocycles. The molecule has 214 valence electrons. The standard InChI is InChI=1S/C41H24N4O/c42-25-26-21-30(23-31(22-26)45-35-17-9-7-15-32(35)33-16-8-10-18-36(33)45)29-19-20-34-37(24-29)46-40-38(27-11-3-1-4-12-27)43-41(44-39(34)40)28-13-5-2-6-14-28/h1-24H. The quantitative estimate of drug-likeness (QED) is 0.205. The Morgan fingerprint density at radius 3 is 1.89 bits per heavy atom. The summed E-state index contributed by atoms with van der Waals surface area (Å²) in [5, 5.41) is 13.4. The molecule has 0 aliphatic rings. The van der Waals surface area contributed by atoms with Gasteiger partial charge in [-0.15, -0.1) is 0 Å². The molecule has 3 heterocycles. The Bertz CT molecular complexity index is 2590. The number of furan rings is 1. The summed E-state index contributed by atoms with van der Waals surface area (Å²) in [6.45, 7) is 0. The third kappa shape index (κ3) is 4.09. The fourth-order valence-corrected chi connectivity index (χ4v) is 6.50. The number of benzene rings is 6. The second-order valence-electron chi connectivity index (χ2n) is 11.4. The van der Waals surface area contributed by atoms with E-state index in [1.54, 1.807) is 0 Å². The molecule has 0 aliphatic heterocycles. The van der Waals surface area contributed by atoms with Crippen LogP contribution in [-0.2, 0) is 0 Å². The van der Waals surface area contributed by atoms with Gasteiger partial charge in [0.15, 0.2) is 11.4 Å². The van der Waals surface area contributed by atoms with Gasteiger partial charge < -0.3 is 8.98 Å². The van der Waals surface area contributed by atoms with Crippen molar-refractivity contribution in [1.82, 2.24) is 14.5 Å². The largest absolute Gasteiger partial charge is 0.452 e. The van der Waals surface area contributed by atoms with E-state index in [0.717, 1.165) is 55.6 Å². The first kappa shape index (κ1) is 25.9. The molecule has 0 spiro atoms. The van der Waals surface area contributed by atoms with Crippen LogP contribution < -0.4 is 0 Å². The number of fused-ring (bicyclic) bond motifs is 6. The van der Waals surface area contributed by atoms with Gasteiger partial charge in [-0.25, -0.2) is 9.97 Å². The number of aromatic nitrogens is 3. The fourth-order valence-electron chi connectivity index (χ4n) is 6.50. The Morgan fingerprint density at radius 2 is 1.20 bits per heavy atom. The zero-order valence-electron chi connectivity index (χ0n) is 24.6. The molecule has 0 unspecified atom stereocenters.